The van der Waals surface area contributed by atoms with E-state index in [1.807, 2.05) is 13.2 Å². The van der Waals surface area contributed by atoms with Gasteiger partial charge in [0, 0.05) is 13.1 Å². The van der Waals surface area contributed by atoms with Crippen LogP contribution >= 0.6 is 11.8 Å². The summed E-state index contributed by atoms with van der Waals surface area (Å²) in [4.78, 5) is 36.4. The Morgan fingerprint density at radius 1 is 1.60 bits per heavy atom. The van der Waals surface area contributed by atoms with Gasteiger partial charge in [-0.05, 0) is 24.9 Å². The van der Waals surface area contributed by atoms with Crippen molar-refractivity contribution in [2.75, 3.05) is 25.1 Å². The number of thioether (sulfide) groups is 1. The molecule has 0 aromatic rings. The van der Waals surface area contributed by atoms with Crippen molar-refractivity contribution in [2.24, 2.45) is 0 Å². The molecule has 0 bridgehead atoms. The Morgan fingerprint density at radius 3 is 2.85 bits per heavy atom. The van der Waals surface area contributed by atoms with Crippen LogP contribution in [0.4, 0.5) is 4.79 Å². The average Bonchev–Trinajstić information content (AvgIpc) is 2.42. The van der Waals surface area contributed by atoms with Gasteiger partial charge in [0.25, 0.3) is 0 Å². The number of carbonyl (C=O) groups excluding carboxylic acids is 2. The van der Waals surface area contributed by atoms with E-state index in [1.54, 1.807) is 0 Å². The monoisotopic (exact) mass is 303 g/mol. The molecule has 1 heterocycles. The summed E-state index contributed by atoms with van der Waals surface area (Å²) < 4.78 is 0. The predicted octanol–water partition coefficient (Wildman–Crippen LogP) is 0.113. The van der Waals surface area contributed by atoms with Crippen LogP contribution in [0.25, 0.3) is 0 Å². The number of rotatable bonds is 6. The van der Waals surface area contributed by atoms with Gasteiger partial charge in [0.05, 0.1) is 0 Å². The topological polar surface area (TPSA) is 98.7 Å². The van der Waals surface area contributed by atoms with Crippen LogP contribution in [-0.4, -0.2) is 65.1 Å². The molecule has 2 atom stereocenters. The highest BCUT2D eigenvalue weighted by Crippen LogP contribution is 2.10. The third-order valence-electron chi connectivity index (χ3n) is 3.18. The SMILES string of the molecule is CCC1C(=O)NCCN1C(=O)NC(CCSC)C(=O)O. The first-order valence-electron chi connectivity index (χ1n) is 6.57. The molecule has 2 unspecified atom stereocenters. The molecule has 7 nitrogen and oxygen atoms in total. The second-order valence-electron chi connectivity index (χ2n) is 4.53. The van der Waals surface area contributed by atoms with Gasteiger partial charge in [-0.1, -0.05) is 6.92 Å². The zero-order valence-corrected chi connectivity index (χ0v) is 12.5. The van der Waals surface area contributed by atoms with Crippen molar-refractivity contribution < 1.29 is 19.5 Å². The smallest absolute Gasteiger partial charge is 0.326 e. The van der Waals surface area contributed by atoms with Crippen LogP contribution in [0, 0.1) is 0 Å². The van der Waals surface area contributed by atoms with Gasteiger partial charge < -0.3 is 20.6 Å². The van der Waals surface area contributed by atoms with Crippen LogP contribution in [0.5, 0.6) is 0 Å². The normalized spacial score (nSPS) is 20.2. The van der Waals surface area contributed by atoms with Crippen LogP contribution in [0.2, 0.25) is 0 Å². The van der Waals surface area contributed by atoms with Crippen molar-refractivity contribution in [3.8, 4) is 0 Å². The number of carboxylic acid groups (broad SMARTS) is 1. The number of aliphatic carboxylic acids is 1. The highest BCUT2D eigenvalue weighted by Gasteiger charge is 2.33. The van der Waals surface area contributed by atoms with Crippen LogP contribution in [0.15, 0.2) is 0 Å². The van der Waals surface area contributed by atoms with Crippen molar-refractivity contribution in [1.82, 2.24) is 15.5 Å². The lowest BCUT2D eigenvalue weighted by Gasteiger charge is -2.35. The lowest BCUT2D eigenvalue weighted by molar-refractivity contribution is -0.139. The number of piperazine rings is 1. The van der Waals surface area contributed by atoms with Gasteiger partial charge in [0.1, 0.15) is 12.1 Å². The molecule has 8 heteroatoms. The van der Waals surface area contributed by atoms with Crippen LogP contribution in [-0.2, 0) is 9.59 Å². The first-order valence-corrected chi connectivity index (χ1v) is 7.97. The van der Waals surface area contributed by atoms with E-state index in [0.29, 0.717) is 31.7 Å². The molecule has 1 aliphatic heterocycles. The van der Waals surface area contributed by atoms with Crippen LogP contribution < -0.4 is 10.6 Å². The summed E-state index contributed by atoms with van der Waals surface area (Å²) in [6.45, 7) is 2.61. The summed E-state index contributed by atoms with van der Waals surface area (Å²) in [6.07, 6.45) is 2.74. The van der Waals surface area contributed by atoms with E-state index in [9.17, 15) is 14.4 Å². The first kappa shape index (κ1) is 16.6. The summed E-state index contributed by atoms with van der Waals surface area (Å²) >= 11 is 1.52. The maximum absolute atomic E-state index is 12.2. The van der Waals surface area contributed by atoms with E-state index in [4.69, 9.17) is 5.11 Å². The Balaban J connectivity index is 2.66. The molecule has 1 fully saturated rings. The van der Waals surface area contributed by atoms with Crippen molar-refractivity contribution in [2.45, 2.75) is 31.8 Å². The molecule has 0 radical (unpaired) electrons. The Bertz CT molecular complexity index is 378. The standard InChI is InChI=1S/C12H21N3O4S/c1-3-9-10(16)13-5-6-15(9)12(19)14-8(11(17)18)4-7-20-2/h8-9H,3-7H2,1-2H3,(H,13,16)(H,14,19)(H,17,18). The zero-order chi connectivity index (χ0) is 15.1. The molecule has 0 spiro atoms. The maximum Gasteiger partial charge on any atom is 0.326 e. The van der Waals surface area contributed by atoms with Crippen molar-refractivity contribution in [3.63, 3.8) is 0 Å². The summed E-state index contributed by atoms with van der Waals surface area (Å²) in [5.41, 5.74) is 0. The number of nitrogens with one attached hydrogen (secondary N) is 2. The highest BCUT2D eigenvalue weighted by molar-refractivity contribution is 7.98. The molecule has 0 aromatic carbocycles. The van der Waals surface area contributed by atoms with E-state index in [-0.39, 0.29) is 5.91 Å². The Labute approximate surface area is 122 Å². The number of nitrogens with zero attached hydrogens (tertiary/aromatic N) is 1. The average molecular weight is 303 g/mol. The quantitative estimate of drug-likeness (QED) is 0.647. The molecule has 3 N–H and O–H groups in total. The van der Waals surface area contributed by atoms with Gasteiger partial charge in [-0.3, -0.25) is 4.79 Å². The molecule has 1 saturated heterocycles. The van der Waals surface area contributed by atoms with Gasteiger partial charge in [-0.2, -0.15) is 11.8 Å². The third-order valence-corrected chi connectivity index (χ3v) is 3.83. The fraction of sp³-hybridized carbons (Fsp3) is 0.750. The molecule has 0 aliphatic carbocycles. The number of urea groups is 1. The van der Waals surface area contributed by atoms with Crippen LogP contribution in [0.1, 0.15) is 19.8 Å². The van der Waals surface area contributed by atoms with E-state index >= 15 is 0 Å². The van der Waals surface area contributed by atoms with Crippen molar-refractivity contribution in [1.29, 1.82) is 0 Å². The van der Waals surface area contributed by atoms with Crippen molar-refractivity contribution in [3.05, 3.63) is 0 Å². The fourth-order valence-electron chi connectivity index (χ4n) is 2.09. The molecule has 3 amide bonds. The lowest BCUT2D eigenvalue weighted by atomic mass is 10.1. The maximum atomic E-state index is 12.2. The zero-order valence-electron chi connectivity index (χ0n) is 11.7. The summed E-state index contributed by atoms with van der Waals surface area (Å²) in [6, 6.07) is -1.93. The second kappa shape index (κ2) is 7.98. The number of carbonyl (C=O) groups is 3. The van der Waals surface area contributed by atoms with Gasteiger partial charge in [-0.25, -0.2) is 9.59 Å². The van der Waals surface area contributed by atoms with E-state index in [1.165, 1.54) is 16.7 Å². The highest BCUT2D eigenvalue weighted by atomic mass is 32.2. The summed E-state index contributed by atoms with van der Waals surface area (Å²) in [5, 5.41) is 14.3. The molecule has 0 aromatic heterocycles. The first-order chi connectivity index (χ1) is 9.51. The van der Waals surface area contributed by atoms with Crippen LogP contribution in [0.3, 0.4) is 0 Å². The van der Waals surface area contributed by atoms with Crippen molar-refractivity contribution >= 4 is 29.7 Å². The number of amides is 3. The van der Waals surface area contributed by atoms with E-state index in [0.717, 1.165) is 0 Å². The van der Waals surface area contributed by atoms with E-state index < -0.39 is 24.1 Å². The Morgan fingerprint density at radius 2 is 2.30 bits per heavy atom. The molecule has 1 aliphatic rings. The van der Waals surface area contributed by atoms with Gasteiger partial charge in [-0.15, -0.1) is 0 Å². The molecule has 20 heavy (non-hydrogen) atoms. The molecular formula is C12H21N3O4S. The fourth-order valence-corrected chi connectivity index (χ4v) is 2.56. The summed E-state index contributed by atoms with van der Waals surface area (Å²) in [5.74, 6) is -0.596. The van der Waals surface area contributed by atoms with Gasteiger partial charge in [0.15, 0.2) is 0 Å². The predicted molar refractivity (Wildman–Crippen MR) is 76.7 cm³/mol. The Hall–Kier alpha value is -1.44. The van der Waals surface area contributed by atoms with E-state index in [2.05, 4.69) is 10.6 Å². The minimum Gasteiger partial charge on any atom is -0.480 e. The second-order valence-corrected chi connectivity index (χ2v) is 5.52. The minimum atomic E-state index is -1.05. The molecule has 0 saturated carbocycles. The molecule has 114 valence electrons. The molecule has 1 rings (SSSR count). The lowest BCUT2D eigenvalue weighted by Crippen LogP contribution is -2.60. The third kappa shape index (κ3) is 4.29. The summed E-state index contributed by atoms with van der Waals surface area (Å²) in [7, 11) is 0. The number of carboxylic acids is 1. The van der Waals surface area contributed by atoms with Gasteiger partial charge in [0.2, 0.25) is 5.91 Å². The Kier molecular flexibility index (Phi) is 6.63. The number of hydrogen-bond acceptors (Lipinski definition) is 4. The minimum absolute atomic E-state index is 0.190. The van der Waals surface area contributed by atoms with Gasteiger partial charge >= 0.3 is 12.0 Å². The largest absolute Gasteiger partial charge is 0.480 e. The molecular weight excluding hydrogens is 282 g/mol. The number of hydrogen-bond donors (Lipinski definition) is 3.